The highest BCUT2D eigenvalue weighted by molar-refractivity contribution is 6.51. The highest BCUT2D eigenvalue weighted by atomic mass is 19.1. The molecule has 4 aromatic carbocycles. The largest absolute Gasteiger partial charge is 0.507 e. The quantitative estimate of drug-likeness (QED) is 0.232. The molecule has 1 saturated heterocycles. The maximum absolute atomic E-state index is 14.8. The van der Waals surface area contributed by atoms with E-state index in [0.717, 1.165) is 39.4 Å². The molecule has 0 saturated carbocycles. The number of carbonyl (C=O) groups is 2. The van der Waals surface area contributed by atoms with Crippen LogP contribution < -0.4 is 4.90 Å². The van der Waals surface area contributed by atoms with Crippen molar-refractivity contribution >= 4 is 33.9 Å². The summed E-state index contributed by atoms with van der Waals surface area (Å²) in [5.74, 6) is -4.00. The summed E-state index contributed by atoms with van der Waals surface area (Å²) in [5, 5.41) is 13.0. The van der Waals surface area contributed by atoms with E-state index < -0.39 is 29.4 Å². The second kappa shape index (κ2) is 8.23. The Kier molecular flexibility index (Phi) is 5.21. The fraction of sp³-hybridized carbons (Fsp3) is 0.0714. The van der Waals surface area contributed by atoms with Crippen LogP contribution in [-0.2, 0) is 9.59 Å². The molecule has 1 heterocycles. The van der Waals surface area contributed by atoms with Crippen LogP contribution in [-0.4, -0.2) is 16.8 Å². The third-order valence-electron chi connectivity index (χ3n) is 5.99. The molecule has 0 aliphatic carbocycles. The first-order chi connectivity index (χ1) is 16.3. The first kappa shape index (κ1) is 21.5. The molecule has 0 bridgehead atoms. The molecular weight excluding hydrogens is 436 g/mol. The Hall–Kier alpha value is -4.32. The Labute approximate surface area is 194 Å². The molecule has 1 aliphatic rings. The summed E-state index contributed by atoms with van der Waals surface area (Å²) in [7, 11) is 0. The van der Waals surface area contributed by atoms with Gasteiger partial charge in [-0.25, -0.2) is 8.78 Å². The number of aliphatic hydroxyl groups excluding tert-OH is 1. The van der Waals surface area contributed by atoms with Gasteiger partial charge in [-0.05, 0) is 41.5 Å². The Balaban J connectivity index is 1.76. The minimum absolute atomic E-state index is 0.186. The van der Waals surface area contributed by atoms with Crippen molar-refractivity contribution in [3.63, 3.8) is 0 Å². The van der Waals surface area contributed by atoms with E-state index in [1.54, 1.807) is 36.4 Å². The summed E-state index contributed by atoms with van der Waals surface area (Å²) in [5.41, 5.74) is 1.12. The van der Waals surface area contributed by atoms with E-state index in [1.807, 2.05) is 37.3 Å². The van der Waals surface area contributed by atoms with Crippen LogP contribution in [0.4, 0.5) is 14.5 Å². The van der Waals surface area contributed by atoms with Crippen molar-refractivity contribution in [3.8, 4) is 0 Å². The average Bonchev–Trinajstić information content (AvgIpc) is 3.10. The summed E-state index contributed by atoms with van der Waals surface area (Å²) in [6, 6.07) is 21.3. The molecule has 1 N–H and O–H groups in total. The SMILES string of the molecule is Cc1cccc(C2/C(=C(/O)c3ccc4ccccc4c3)C(=O)C(=O)N2c2cc(F)ccc2F)c1. The van der Waals surface area contributed by atoms with Crippen molar-refractivity contribution in [3.05, 3.63) is 119 Å². The number of hydrogen-bond donors (Lipinski definition) is 1. The van der Waals surface area contributed by atoms with E-state index in [0.29, 0.717) is 11.1 Å². The Bertz CT molecular complexity index is 1510. The summed E-state index contributed by atoms with van der Waals surface area (Å²) in [6.45, 7) is 1.84. The van der Waals surface area contributed by atoms with Crippen LogP contribution in [0.5, 0.6) is 0 Å². The van der Waals surface area contributed by atoms with Gasteiger partial charge < -0.3 is 5.11 Å². The lowest BCUT2D eigenvalue weighted by molar-refractivity contribution is -0.132. The zero-order chi connectivity index (χ0) is 24.0. The van der Waals surface area contributed by atoms with Gasteiger partial charge >= 0.3 is 0 Å². The second-order valence-electron chi connectivity index (χ2n) is 8.24. The number of fused-ring (bicyclic) bond motifs is 1. The third kappa shape index (κ3) is 3.53. The molecule has 1 unspecified atom stereocenters. The normalized spacial score (nSPS) is 17.5. The van der Waals surface area contributed by atoms with Gasteiger partial charge in [-0.2, -0.15) is 0 Å². The highest BCUT2D eigenvalue weighted by Crippen LogP contribution is 2.43. The van der Waals surface area contributed by atoms with Gasteiger partial charge in [0.1, 0.15) is 17.4 Å². The van der Waals surface area contributed by atoms with Crippen molar-refractivity contribution in [2.24, 2.45) is 0 Å². The molecule has 168 valence electrons. The number of nitrogens with zero attached hydrogens (tertiary/aromatic N) is 1. The van der Waals surface area contributed by atoms with Crippen molar-refractivity contribution in [1.82, 2.24) is 0 Å². The maximum atomic E-state index is 14.8. The zero-order valence-corrected chi connectivity index (χ0v) is 18.1. The predicted octanol–water partition coefficient (Wildman–Crippen LogP) is 6.05. The van der Waals surface area contributed by atoms with Gasteiger partial charge in [-0.15, -0.1) is 0 Å². The van der Waals surface area contributed by atoms with Crippen LogP contribution in [0.2, 0.25) is 0 Å². The molecule has 1 fully saturated rings. The van der Waals surface area contributed by atoms with Crippen LogP contribution >= 0.6 is 0 Å². The average molecular weight is 455 g/mol. The lowest BCUT2D eigenvalue weighted by Crippen LogP contribution is -2.30. The minimum Gasteiger partial charge on any atom is -0.507 e. The number of anilines is 1. The van der Waals surface area contributed by atoms with Gasteiger partial charge in [0.05, 0.1) is 17.3 Å². The number of amides is 1. The van der Waals surface area contributed by atoms with E-state index in [9.17, 15) is 23.5 Å². The molecule has 5 rings (SSSR count). The number of hydrogen-bond acceptors (Lipinski definition) is 3. The molecule has 4 aromatic rings. The molecule has 1 atom stereocenters. The van der Waals surface area contributed by atoms with Gasteiger partial charge in [0.15, 0.2) is 0 Å². The number of carbonyl (C=O) groups excluding carboxylic acids is 2. The van der Waals surface area contributed by atoms with Crippen LogP contribution in [0.25, 0.3) is 16.5 Å². The maximum Gasteiger partial charge on any atom is 0.300 e. The second-order valence-corrected chi connectivity index (χ2v) is 8.24. The number of halogens is 2. The molecule has 1 aliphatic heterocycles. The lowest BCUT2D eigenvalue weighted by atomic mass is 9.93. The van der Waals surface area contributed by atoms with Crippen molar-refractivity contribution in [1.29, 1.82) is 0 Å². The number of Topliss-reactive ketones (excluding diaryl/α,β-unsaturated/α-hetero) is 1. The topological polar surface area (TPSA) is 57.6 Å². The van der Waals surface area contributed by atoms with E-state index >= 15 is 0 Å². The Morgan fingerprint density at radius 1 is 0.853 bits per heavy atom. The number of benzene rings is 4. The standard InChI is InChI=1S/C28H19F2NO3/c1-16-5-4-8-19(13-16)25-24(26(32)20-10-9-17-6-2-3-7-18(17)14-20)27(33)28(34)31(25)23-15-21(29)11-12-22(23)30/h2-15,25,32H,1H3/b26-24-. The zero-order valence-electron chi connectivity index (χ0n) is 18.1. The van der Waals surface area contributed by atoms with Crippen molar-refractivity contribution in [2.75, 3.05) is 4.90 Å². The fourth-order valence-electron chi connectivity index (χ4n) is 4.40. The number of ketones is 1. The first-order valence-corrected chi connectivity index (χ1v) is 10.7. The third-order valence-corrected chi connectivity index (χ3v) is 5.99. The van der Waals surface area contributed by atoms with E-state index in [4.69, 9.17) is 0 Å². The molecule has 6 heteroatoms. The van der Waals surface area contributed by atoms with Crippen LogP contribution in [0.15, 0.2) is 90.5 Å². The molecule has 0 radical (unpaired) electrons. The van der Waals surface area contributed by atoms with Crippen LogP contribution in [0.1, 0.15) is 22.7 Å². The summed E-state index contributed by atoms with van der Waals surface area (Å²) in [4.78, 5) is 27.3. The molecule has 0 spiro atoms. The molecule has 4 nitrogen and oxygen atoms in total. The van der Waals surface area contributed by atoms with Crippen LogP contribution in [0.3, 0.4) is 0 Å². The summed E-state index contributed by atoms with van der Waals surface area (Å²) in [6.07, 6.45) is 0. The minimum atomic E-state index is -1.14. The van der Waals surface area contributed by atoms with E-state index in [2.05, 4.69) is 0 Å². The Morgan fingerprint density at radius 3 is 2.38 bits per heavy atom. The highest BCUT2D eigenvalue weighted by Gasteiger charge is 2.47. The van der Waals surface area contributed by atoms with Crippen LogP contribution in [0, 0.1) is 18.6 Å². The van der Waals surface area contributed by atoms with Crippen molar-refractivity contribution < 1.29 is 23.5 Å². The predicted molar refractivity (Wildman–Crippen MR) is 126 cm³/mol. The summed E-state index contributed by atoms with van der Waals surface area (Å²) >= 11 is 0. The van der Waals surface area contributed by atoms with Gasteiger partial charge in [0.2, 0.25) is 0 Å². The molecular formula is C28H19F2NO3. The monoisotopic (exact) mass is 455 g/mol. The fourth-order valence-corrected chi connectivity index (χ4v) is 4.40. The first-order valence-electron chi connectivity index (χ1n) is 10.7. The van der Waals surface area contributed by atoms with E-state index in [-0.39, 0.29) is 17.0 Å². The molecule has 34 heavy (non-hydrogen) atoms. The number of aryl methyl sites for hydroxylation is 1. The van der Waals surface area contributed by atoms with E-state index in [1.165, 1.54) is 0 Å². The van der Waals surface area contributed by atoms with Gasteiger partial charge in [0.25, 0.3) is 11.7 Å². The summed E-state index contributed by atoms with van der Waals surface area (Å²) < 4.78 is 28.8. The number of rotatable bonds is 3. The smallest absolute Gasteiger partial charge is 0.300 e. The molecule has 0 aromatic heterocycles. The van der Waals surface area contributed by atoms with Gasteiger partial charge in [-0.1, -0.05) is 66.2 Å². The lowest BCUT2D eigenvalue weighted by Gasteiger charge is -2.26. The molecule has 1 amide bonds. The number of aliphatic hydroxyl groups is 1. The van der Waals surface area contributed by atoms with Gasteiger partial charge in [0, 0.05) is 11.6 Å². The van der Waals surface area contributed by atoms with Crippen molar-refractivity contribution in [2.45, 2.75) is 13.0 Å². The Morgan fingerprint density at radius 2 is 1.62 bits per heavy atom. The van der Waals surface area contributed by atoms with Gasteiger partial charge in [-0.3, -0.25) is 14.5 Å².